The fourth-order valence-corrected chi connectivity index (χ4v) is 0.891. The van der Waals surface area contributed by atoms with Gasteiger partial charge >= 0.3 is 0 Å². The van der Waals surface area contributed by atoms with Gasteiger partial charge in [0.25, 0.3) is 0 Å². The number of carbonyl (C=O) groups is 1. The van der Waals surface area contributed by atoms with Crippen LogP contribution in [0.2, 0.25) is 0 Å². The minimum atomic E-state index is -0.101. The summed E-state index contributed by atoms with van der Waals surface area (Å²) >= 11 is 0. The van der Waals surface area contributed by atoms with Crippen molar-refractivity contribution in [2.24, 2.45) is 4.99 Å². The first-order valence-corrected chi connectivity index (χ1v) is 4.66. The van der Waals surface area contributed by atoms with E-state index in [9.17, 15) is 9.59 Å². The molecule has 1 amide bonds. The number of isocyanates is 1. The number of amides is 1. The number of carbonyl (C=O) groups excluding carboxylic acids is 2. The Kier molecular flexibility index (Phi) is 7.37. The third kappa shape index (κ3) is 7.25. The fraction of sp³-hybridized carbons (Fsp3) is 0.600. The molecule has 0 rings (SSSR count). The van der Waals surface area contributed by atoms with Crippen molar-refractivity contribution >= 4 is 12.0 Å². The maximum absolute atomic E-state index is 11.0. The second-order valence-corrected chi connectivity index (χ2v) is 3.07. The maximum Gasteiger partial charge on any atom is 0.246 e. The van der Waals surface area contributed by atoms with Gasteiger partial charge in [-0.05, 0) is 26.2 Å². The molecule has 0 aromatic carbocycles. The van der Waals surface area contributed by atoms with Gasteiger partial charge in [-0.15, -0.1) is 0 Å². The van der Waals surface area contributed by atoms with Crippen molar-refractivity contribution in [3.05, 3.63) is 12.2 Å². The molecular formula is C10H16N2O2. The number of hydrogen-bond acceptors (Lipinski definition) is 3. The zero-order valence-electron chi connectivity index (χ0n) is 8.51. The summed E-state index contributed by atoms with van der Waals surface area (Å²) in [4.78, 5) is 24.1. The van der Waals surface area contributed by atoms with E-state index in [0.717, 1.165) is 19.3 Å². The molecule has 1 N–H and O–H groups in total. The first-order valence-electron chi connectivity index (χ1n) is 4.66. The van der Waals surface area contributed by atoms with Gasteiger partial charge in [0.15, 0.2) is 0 Å². The summed E-state index contributed by atoms with van der Waals surface area (Å²) in [7, 11) is 0. The van der Waals surface area contributed by atoms with E-state index in [1.165, 1.54) is 6.08 Å². The molecule has 0 aromatic rings. The molecule has 14 heavy (non-hydrogen) atoms. The minimum absolute atomic E-state index is 0.101. The van der Waals surface area contributed by atoms with Crippen molar-refractivity contribution in [1.29, 1.82) is 0 Å². The van der Waals surface area contributed by atoms with Crippen LogP contribution >= 0.6 is 0 Å². The Hall–Kier alpha value is -1.41. The molecule has 0 aliphatic carbocycles. The highest BCUT2D eigenvalue weighted by Gasteiger charge is 1.98. The monoisotopic (exact) mass is 196 g/mol. The molecule has 0 bridgehead atoms. The molecule has 0 saturated carbocycles. The number of aliphatic imine (C=N–C) groups is 1. The molecule has 0 heterocycles. The Morgan fingerprint density at radius 3 is 2.71 bits per heavy atom. The summed E-state index contributed by atoms with van der Waals surface area (Å²) in [5.41, 5.74) is 0.524. The molecule has 4 heteroatoms. The predicted octanol–water partition coefficient (Wildman–Crippen LogP) is 1.18. The van der Waals surface area contributed by atoms with E-state index >= 15 is 0 Å². The van der Waals surface area contributed by atoms with Crippen LogP contribution in [-0.2, 0) is 9.59 Å². The van der Waals surface area contributed by atoms with Crippen molar-refractivity contribution in [3.8, 4) is 0 Å². The van der Waals surface area contributed by atoms with Gasteiger partial charge in [0.2, 0.25) is 12.0 Å². The van der Waals surface area contributed by atoms with Crippen LogP contribution in [0.25, 0.3) is 0 Å². The fourth-order valence-electron chi connectivity index (χ4n) is 0.891. The zero-order chi connectivity index (χ0) is 10.8. The van der Waals surface area contributed by atoms with Crippen molar-refractivity contribution in [2.75, 3.05) is 13.1 Å². The van der Waals surface area contributed by atoms with E-state index in [4.69, 9.17) is 0 Å². The van der Waals surface area contributed by atoms with Crippen molar-refractivity contribution in [1.82, 2.24) is 5.32 Å². The largest absolute Gasteiger partial charge is 0.352 e. The van der Waals surface area contributed by atoms with Crippen molar-refractivity contribution < 1.29 is 9.59 Å². The number of hydrogen-bond donors (Lipinski definition) is 1. The van der Waals surface area contributed by atoms with Gasteiger partial charge in [0, 0.05) is 12.1 Å². The molecule has 0 fully saturated rings. The maximum atomic E-state index is 11.0. The summed E-state index contributed by atoms with van der Waals surface area (Å²) < 4.78 is 0. The predicted molar refractivity (Wildman–Crippen MR) is 54.7 cm³/mol. The lowest BCUT2D eigenvalue weighted by molar-refractivity contribution is -0.117. The molecule has 4 nitrogen and oxygen atoms in total. The van der Waals surface area contributed by atoms with E-state index in [2.05, 4.69) is 16.9 Å². The van der Waals surface area contributed by atoms with Gasteiger partial charge in [-0.3, -0.25) is 4.79 Å². The highest BCUT2D eigenvalue weighted by molar-refractivity contribution is 5.91. The van der Waals surface area contributed by atoms with Crippen molar-refractivity contribution in [3.63, 3.8) is 0 Å². The Morgan fingerprint density at radius 1 is 1.43 bits per heavy atom. The molecule has 0 saturated heterocycles. The molecule has 0 unspecified atom stereocenters. The van der Waals surface area contributed by atoms with E-state index in [-0.39, 0.29) is 5.91 Å². The topological polar surface area (TPSA) is 58.5 Å². The van der Waals surface area contributed by atoms with Crippen LogP contribution in [0.1, 0.15) is 26.2 Å². The molecule has 0 aliphatic heterocycles. The summed E-state index contributed by atoms with van der Waals surface area (Å²) in [5, 5.41) is 2.73. The summed E-state index contributed by atoms with van der Waals surface area (Å²) in [6, 6.07) is 0. The average molecular weight is 196 g/mol. The quantitative estimate of drug-likeness (QED) is 0.288. The van der Waals surface area contributed by atoms with Gasteiger partial charge in [-0.1, -0.05) is 6.58 Å². The van der Waals surface area contributed by atoms with Crippen LogP contribution in [0.5, 0.6) is 0 Å². The van der Waals surface area contributed by atoms with Crippen molar-refractivity contribution in [2.45, 2.75) is 26.2 Å². The number of unbranched alkanes of at least 4 members (excludes halogenated alkanes) is 2. The van der Waals surface area contributed by atoms with E-state index in [1.54, 1.807) is 6.92 Å². The number of nitrogens with zero attached hydrogens (tertiary/aromatic N) is 1. The summed E-state index contributed by atoms with van der Waals surface area (Å²) in [6.45, 7) is 6.37. The lowest BCUT2D eigenvalue weighted by atomic mass is 10.2. The smallest absolute Gasteiger partial charge is 0.246 e. The van der Waals surface area contributed by atoms with Gasteiger partial charge < -0.3 is 5.32 Å². The SMILES string of the molecule is C=C(C)C(=O)NCCCCCN=C=O. The molecule has 0 atom stereocenters. The van der Waals surface area contributed by atoms with Crippen LogP contribution in [0.4, 0.5) is 0 Å². The lowest BCUT2D eigenvalue weighted by Crippen LogP contribution is -2.24. The van der Waals surface area contributed by atoms with E-state index in [0.29, 0.717) is 18.7 Å². The first kappa shape index (κ1) is 12.6. The number of nitrogens with one attached hydrogen (secondary N) is 1. The second-order valence-electron chi connectivity index (χ2n) is 3.07. The molecule has 78 valence electrons. The lowest BCUT2D eigenvalue weighted by Gasteiger charge is -2.03. The average Bonchev–Trinajstić information content (AvgIpc) is 2.16. The van der Waals surface area contributed by atoms with Gasteiger partial charge in [0.05, 0.1) is 6.54 Å². The van der Waals surface area contributed by atoms with Crippen LogP contribution in [0.15, 0.2) is 17.1 Å². The Balaban J connectivity index is 3.25. The van der Waals surface area contributed by atoms with Crippen LogP contribution in [-0.4, -0.2) is 25.1 Å². The first-order chi connectivity index (χ1) is 6.68. The Bertz CT molecular complexity index is 243. The standard InChI is InChI=1S/C10H16N2O2/c1-9(2)10(14)12-7-5-3-4-6-11-8-13/h1,3-7H2,2H3,(H,12,14). The highest BCUT2D eigenvalue weighted by Crippen LogP contribution is 1.94. The molecule has 0 spiro atoms. The third-order valence-corrected chi connectivity index (χ3v) is 1.68. The highest BCUT2D eigenvalue weighted by atomic mass is 16.1. The molecule has 0 aromatic heterocycles. The Morgan fingerprint density at radius 2 is 2.14 bits per heavy atom. The van der Waals surface area contributed by atoms with Crippen LogP contribution in [0.3, 0.4) is 0 Å². The second kappa shape index (κ2) is 8.20. The van der Waals surface area contributed by atoms with Crippen LogP contribution < -0.4 is 5.32 Å². The van der Waals surface area contributed by atoms with Gasteiger partial charge in [-0.2, -0.15) is 0 Å². The third-order valence-electron chi connectivity index (χ3n) is 1.68. The number of rotatable bonds is 7. The van der Waals surface area contributed by atoms with Gasteiger partial charge in [-0.25, -0.2) is 9.79 Å². The summed E-state index contributed by atoms with van der Waals surface area (Å²) in [5.74, 6) is -0.101. The molecule has 0 aliphatic rings. The molecule has 0 radical (unpaired) electrons. The van der Waals surface area contributed by atoms with E-state index < -0.39 is 0 Å². The van der Waals surface area contributed by atoms with E-state index in [1.807, 2.05) is 0 Å². The zero-order valence-corrected chi connectivity index (χ0v) is 8.51. The Labute approximate surface area is 84.1 Å². The molecular weight excluding hydrogens is 180 g/mol. The normalized spacial score (nSPS) is 8.93. The van der Waals surface area contributed by atoms with Gasteiger partial charge in [0.1, 0.15) is 0 Å². The minimum Gasteiger partial charge on any atom is -0.352 e. The van der Waals surface area contributed by atoms with Crippen LogP contribution in [0, 0.1) is 0 Å². The summed E-state index contributed by atoms with van der Waals surface area (Å²) in [6.07, 6.45) is 4.19.